The number of aryl methyl sites for hydroxylation is 1. The highest BCUT2D eigenvalue weighted by atomic mass is 19.4. The van der Waals surface area contributed by atoms with Crippen LogP contribution in [0.2, 0.25) is 0 Å². The Balaban J connectivity index is 1.53. The molecule has 192 valence electrons. The van der Waals surface area contributed by atoms with Crippen LogP contribution in [0.15, 0.2) is 73.1 Å². The largest absolute Gasteiger partial charge is 0.467 e. The van der Waals surface area contributed by atoms with Crippen LogP contribution in [0.25, 0.3) is 34.0 Å². The number of pyridine rings is 1. The number of carbonyl (C=O) groups excluding carboxylic acids is 1. The summed E-state index contributed by atoms with van der Waals surface area (Å²) in [6.07, 6.45) is -1.49. The van der Waals surface area contributed by atoms with Gasteiger partial charge in [-0.15, -0.1) is 0 Å². The number of hydrogen-bond donors (Lipinski definition) is 0. The van der Waals surface area contributed by atoms with Crippen LogP contribution in [-0.2, 0) is 15.7 Å². The van der Waals surface area contributed by atoms with Crippen LogP contribution in [0, 0.1) is 12.7 Å². The van der Waals surface area contributed by atoms with Crippen LogP contribution in [0.5, 0.6) is 0 Å². The summed E-state index contributed by atoms with van der Waals surface area (Å²) in [5, 5.41) is 8.06. The number of fused-ring (bicyclic) bond motifs is 1. The zero-order valence-electron chi connectivity index (χ0n) is 20.1. The number of imidazole rings is 1. The first kappa shape index (κ1) is 25.0. The molecule has 11 heteroatoms. The van der Waals surface area contributed by atoms with Crippen molar-refractivity contribution in [1.82, 2.24) is 24.7 Å². The van der Waals surface area contributed by atoms with E-state index >= 15 is 0 Å². The Kier molecular flexibility index (Phi) is 6.35. The minimum Gasteiger partial charge on any atom is -0.467 e. The number of hydrogen-bond acceptors (Lipinski definition) is 6. The average molecular weight is 521 g/mol. The van der Waals surface area contributed by atoms with Crippen LogP contribution < -0.4 is 0 Å². The van der Waals surface area contributed by atoms with Crippen LogP contribution in [0.4, 0.5) is 17.6 Å². The van der Waals surface area contributed by atoms with Gasteiger partial charge in [0.1, 0.15) is 11.5 Å². The summed E-state index contributed by atoms with van der Waals surface area (Å²) in [5.74, 6) is -0.967. The van der Waals surface area contributed by atoms with Crippen LogP contribution in [-0.4, -0.2) is 37.8 Å². The van der Waals surface area contributed by atoms with E-state index in [0.717, 1.165) is 6.07 Å². The summed E-state index contributed by atoms with van der Waals surface area (Å²) in [5.41, 5.74) is 0.735. The third-order valence-electron chi connectivity index (χ3n) is 5.95. The zero-order chi connectivity index (χ0) is 27.0. The van der Waals surface area contributed by atoms with Gasteiger partial charge in [0.2, 0.25) is 0 Å². The number of nitrogens with zero attached hydrogens (tertiary/aromatic N) is 5. The van der Waals surface area contributed by atoms with E-state index in [-0.39, 0.29) is 28.3 Å². The quantitative estimate of drug-likeness (QED) is 0.217. The highest BCUT2D eigenvalue weighted by molar-refractivity contribution is 5.78. The summed E-state index contributed by atoms with van der Waals surface area (Å²) in [4.78, 5) is 21.5. The maximum Gasteiger partial charge on any atom is 0.417 e. The first-order valence-electron chi connectivity index (χ1n) is 11.4. The van der Waals surface area contributed by atoms with Gasteiger partial charge in [0.25, 0.3) is 0 Å². The fourth-order valence-electron chi connectivity index (χ4n) is 4.10. The Morgan fingerprint density at radius 3 is 2.37 bits per heavy atom. The van der Waals surface area contributed by atoms with Crippen molar-refractivity contribution in [3.05, 3.63) is 95.7 Å². The Morgan fingerprint density at radius 2 is 1.68 bits per heavy atom. The summed E-state index contributed by atoms with van der Waals surface area (Å²) in [6, 6.07) is 13.3. The van der Waals surface area contributed by atoms with E-state index in [0.29, 0.717) is 17.0 Å². The molecule has 1 unspecified atom stereocenters. The van der Waals surface area contributed by atoms with Gasteiger partial charge in [0.15, 0.2) is 11.9 Å². The standard InChI is InChI=1S/C27H19F4N5O2/c1-15-7-8-16(18(13-15)27(29,30)31)20-9-10-22(35-34-20)24(26(37)38-2)36-12-11-21-23(14-36)33-25(32-21)17-5-3-4-6-19(17)28/h3-14,24H,1-2H3. The molecule has 1 aromatic heterocycles. The molecule has 3 aromatic rings. The molecule has 3 heterocycles. The molecule has 0 aliphatic carbocycles. The van der Waals surface area contributed by atoms with Crippen molar-refractivity contribution < 1.29 is 27.1 Å². The van der Waals surface area contributed by atoms with Gasteiger partial charge >= 0.3 is 12.1 Å². The van der Waals surface area contributed by atoms with Gasteiger partial charge in [-0.1, -0.05) is 29.8 Å². The first-order valence-corrected chi connectivity index (χ1v) is 11.4. The van der Waals surface area contributed by atoms with E-state index in [1.165, 1.54) is 42.1 Å². The second kappa shape index (κ2) is 9.66. The van der Waals surface area contributed by atoms with Gasteiger partial charge in [0.05, 0.1) is 35.3 Å². The minimum absolute atomic E-state index is 0.00146. The predicted molar refractivity (Wildman–Crippen MR) is 129 cm³/mol. The highest BCUT2D eigenvalue weighted by Crippen LogP contribution is 2.37. The third kappa shape index (κ3) is 4.70. The molecular weight excluding hydrogens is 502 g/mol. The van der Waals surface area contributed by atoms with Crippen molar-refractivity contribution in [3.8, 4) is 34.0 Å². The average Bonchev–Trinajstić information content (AvgIpc) is 3.32. The lowest BCUT2D eigenvalue weighted by Crippen LogP contribution is -2.23. The molecule has 0 saturated heterocycles. The Labute approximate surface area is 214 Å². The Hall–Kier alpha value is -4.67. The predicted octanol–water partition coefficient (Wildman–Crippen LogP) is 5.74. The molecule has 2 aliphatic heterocycles. The Morgan fingerprint density at radius 1 is 0.921 bits per heavy atom. The number of aromatic nitrogens is 5. The van der Waals surface area contributed by atoms with Crippen molar-refractivity contribution in [3.63, 3.8) is 0 Å². The SMILES string of the molecule is COC(=O)C(c1ccc(-c2ccc(C)cc2C(F)(F)F)nn1)n1ccc2nc(-c3ccccc3F)nc-2c1. The summed E-state index contributed by atoms with van der Waals surface area (Å²) < 4.78 is 61.5. The van der Waals surface area contributed by atoms with Crippen molar-refractivity contribution in [2.24, 2.45) is 0 Å². The van der Waals surface area contributed by atoms with E-state index in [4.69, 9.17) is 4.74 Å². The van der Waals surface area contributed by atoms with Gasteiger partial charge in [-0.2, -0.15) is 23.4 Å². The monoisotopic (exact) mass is 521 g/mol. The topological polar surface area (TPSA) is 82.8 Å². The lowest BCUT2D eigenvalue weighted by molar-refractivity contribution is -0.143. The molecule has 7 nitrogen and oxygen atoms in total. The highest BCUT2D eigenvalue weighted by Gasteiger charge is 2.34. The normalized spacial score (nSPS) is 12.5. The molecule has 0 saturated carbocycles. The zero-order valence-corrected chi connectivity index (χ0v) is 20.1. The van der Waals surface area contributed by atoms with Crippen LogP contribution >= 0.6 is 0 Å². The minimum atomic E-state index is -4.58. The van der Waals surface area contributed by atoms with Gasteiger partial charge in [-0.25, -0.2) is 19.2 Å². The van der Waals surface area contributed by atoms with Gasteiger partial charge in [0, 0.05) is 18.0 Å². The molecule has 0 bridgehead atoms. The van der Waals surface area contributed by atoms with E-state index in [1.54, 1.807) is 43.5 Å². The van der Waals surface area contributed by atoms with Crippen molar-refractivity contribution in [2.75, 3.05) is 7.11 Å². The molecule has 1 atom stereocenters. The molecule has 38 heavy (non-hydrogen) atoms. The lowest BCUT2D eigenvalue weighted by Gasteiger charge is -2.18. The lowest BCUT2D eigenvalue weighted by atomic mass is 10.0. The molecule has 5 rings (SSSR count). The number of halogens is 4. The van der Waals surface area contributed by atoms with Crippen molar-refractivity contribution >= 4 is 5.97 Å². The van der Waals surface area contributed by atoms with Crippen molar-refractivity contribution in [2.45, 2.75) is 19.1 Å². The maximum absolute atomic E-state index is 14.2. The smallest absolute Gasteiger partial charge is 0.417 e. The number of esters is 1. The van der Waals surface area contributed by atoms with E-state index < -0.39 is 29.6 Å². The molecule has 0 fully saturated rings. The van der Waals surface area contributed by atoms with Gasteiger partial charge in [-0.05, 0) is 43.3 Å². The number of methoxy groups -OCH3 is 1. The number of alkyl halides is 3. The number of ether oxygens (including phenoxy) is 1. The molecule has 0 radical (unpaired) electrons. The molecule has 2 aromatic carbocycles. The molecule has 0 amide bonds. The summed E-state index contributed by atoms with van der Waals surface area (Å²) in [7, 11) is 1.21. The first-order chi connectivity index (χ1) is 18.2. The second-order valence-electron chi connectivity index (χ2n) is 8.51. The third-order valence-corrected chi connectivity index (χ3v) is 5.95. The molecule has 2 aliphatic rings. The maximum atomic E-state index is 14.2. The van der Waals surface area contributed by atoms with Crippen LogP contribution in [0.3, 0.4) is 0 Å². The number of benzene rings is 2. The fraction of sp³-hybridized carbons (Fsp3) is 0.148. The summed E-state index contributed by atoms with van der Waals surface area (Å²) >= 11 is 0. The fourth-order valence-corrected chi connectivity index (χ4v) is 4.10. The Bertz CT molecular complexity index is 1600. The van der Waals surface area contributed by atoms with E-state index in [9.17, 15) is 22.4 Å². The van der Waals surface area contributed by atoms with Crippen molar-refractivity contribution in [1.29, 1.82) is 0 Å². The van der Waals surface area contributed by atoms with E-state index in [1.807, 2.05) is 0 Å². The number of rotatable bonds is 5. The van der Waals surface area contributed by atoms with Gasteiger partial charge < -0.3 is 9.30 Å². The van der Waals surface area contributed by atoms with Gasteiger partial charge in [-0.3, -0.25) is 0 Å². The molecular formula is C27H19F4N5O2. The summed E-state index contributed by atoms with van der Waals surface area (Å²) in [6.45, 7) is 1.57. The van der Waals surface area contributed by atoms with Crippen LogP contribution in [0.1, 0.15) is 22.9 Å². The molecule has 0 N–H and O–H groups in total. The number of carbonyl (C=O) groups is 1. The van der Waals surface area contributed by atoms with E-state index in [2.05, 4.69) is 20.2 Å². The second-order valence-corrected chi connectivity index (χ2v) is 8.51. The molecule has 0 spiro atoms.